The standard InChI is InChI=1S/C27H55BNO6P/c1-2-3-4-5-6-7-8-9-10-11-12-13-16-19-27(30)29-22-17-14-15-18-23-33-36(31,32)34-24-25-20-21-26(28)35-25/h25-26H,2-24,28H2,1H3,(H,29,30)(H,31,32)/t25-,26+/m0/s1. The van der Waals surface area contributed by atoms with Crippen molar-refractivity contribution < 1.29 is 28.0 Å². The van der Waals surface area contributed by atoms with Gasteiger partial charge in [0.05, 0.1) is 19.3 Å². The zero-order valence-electron chi connectivity index (χ0n) is 23.4. The van der Waals surface area contributed by atoms with Crippen molar-refractivity contribution in [3.63, 3.8) is 0 Å². The average Bonchev–Trinajstić information content (AvgIpc) is 3.27. The maximum Gasteiger partial charge on any atom is 0.472 e. The van der Waals surface area contributed by atoms with Gasteiger partial charge in [0.1, 0.15) is 7.85 Å². The summed E-state index contributed by atoms with van der Waals surface area (Å²) in [6.45, 7) is 3.25. The molecular weight excluding hydrogens is 476 g/mol. The summed E-state index contributed by atoms with van der Waals surface area (Å²) < 4.78 is 27.6. The molecule has 0 bridgehead atoms. The summed E-state index contributed by atoms with van der Waals surface area (Å²) in [6, 6.07) is 0.182. The highest BCUT2D eigenvalue weighted by atomic mass is 31.2. The second-order valence-electron chi connectivity index (χ2n) is 10.5. The zero-order valence-corrected chi connectivity index (χ0v) is 24.2. The summed E-state index contributed by atoms with van der Waals surface area (Å²) in [5.41, 5.74) is 0. The van der Waals surface area contributed by atoms with E-state index in [1.165, 1.54) is 70.6 Å². The molecule has 1 heterocycles. The van der Waals surface area contributed by atoms with Crippen LogP contribution in [0.4, 0.5) is 0 Å². The minimum Gasteiger partial charge on any atom is -0.382 e. The van der Waals surface area contributed by atoms with Gasteiger partial charge in [-0.05, 0) is 32.1 Å². The summed E-state index contributed by atoms with van der Waals surface area (Å²) in [7, 11) is -2.02. The molecule has 0 aromatic heterocycles. The molecule has 0 aromatic rings. The Labute approximate surface area is 222 Å². The monoisotopic (exact) mass is 531 g/mol. The number of hydrogen-bond donors (Lipinski definition) is 2. The molecule has 1 aliphatic rings. The summed E-state index contributed by atoms with van der Waals surface area (Å²) in [5, 5.41) is 3.00. The normalized spacial score (nSPS) is 19.4. The van der Waals surface area contributed by atoms with Crippen molar-refractivity contribution in [1.29, 1.82) is 0 Å². The van der Waals surface area contributed by atoms with Crippen LogP contribution in [0.2, 0.25) is 0 Å². The maximum absolute atomic E-state index is 12.0. The van der Waals surface area contributed by atoms with E-state index in [4.69, 9.17) is 13.8 Å². The summed E-state index contributed by atoms with van der Waals surface area (Å²) >= 11 is 0. The fraction of sp³-hybridized carbons (Fsp3) is 0.963. The van der Waals surface area contributed by atoms with Crippen molar-refractivity contribution >= 4 is 21.6 Å². The third-order valence-corrected chi connectivity index (χ3v) is 7.88. The van der Waals surface area contributed by atoms with Gasteiger partial charge in [0.2, 0.25) is 5.91 Å². The van der Waals surface area contributed by atoms with Crippen molar-refractivity contribution in [3.05, 3.63) is 0 Å². The van der Waals surface area contributed by atoms with Gasteiger partial charge in [-0.25, -0.2) is 4.57 Å². The Morgan fingerprint density at radius 2 is 1.42 bits per heavy atom. The minimum absolute atomic E-state index is 0.0944. The molecule has 2 N–H and O–H groups in total. The number of unbranched alkanes of at least 4 members (excludes halogenated alkanes) is 15. The van der Waals surface area contributed by atoms with E-state index in [0.717, 1.165) is 44.9 Å². The molecule has 1 rings (SSSR count). The van der Waals surface area contributed by atoms with Crippen LogP contribution in [0.15, 0.2) is 0 Å². The lowest BCUT2D eigenvalue weighted by atomic mass is 9.97. The molecule has 7 nitrogen and oxygen atoms in total. The van der Waals surface area contributed by atoms with Gasteiger partial charge in [0, 0.05) is 19.0 Å². The van der Waals surface area contributed by atoms with E-state index in [9.17, 15) is 14.3 Å². The first-order valence-electron chi connectivity index (χ1n) is 15.0. The Morgan fingerprint density at radius 3 is 2.00 bits per heavy atom. The highest BCUT2D eigenvalue weighted by Crippen LogP contribution is 2.44. The average molecular weight is 532 g/mol. The topological polar surface area (TPSA) is 94.1 Å². The molecule has 1 fully saturated rings. The number of hydrogen-bond acceptors (Lipinski definition) is 5. The van der Waals surface area contributed by atoms with E-state index < -0.39 is 7.82 Å². The Balaban J connectivity index is 1.80. The first-order valence-corrected chi connectivity index (χ1v) is 16.5. The lowest BCUT2D eigenvalue weighted by Gasteiger charge is -2.15. The second-order valence-corrected chi connectivity index (χ2v) is 12.0. The fourth-order valence-corrected chi connectivity index (χ4v) is 5.39. The van der Waals surface area contributed by atoms with Crippen molar-refractivity contribution in [2.45, 2.75) is 147 Å². The van der Waals surface area contributed by atoms with Crippen LogP contribution in [0.25, 0.3) is 0 Å². The molecule has 1 amide bonds. The van der Waals surface area contributed by atoms with Gasteiger partial charge in [0.15, 0.2) is 0 Å². The van der Waals surface area contributed by atoms with E-state index in [2.05, 4.69) is 12.2 Å². The van der Waals surface area contributed by atoms with Gasteiger partial charge in [-0.3, -0.25) is 13.8 Å². The third kappa shape index (κ3) is 20.6. The summed E-state index contributed by atoms with van der Waals surface area (Å²) in [6.07, 6.45) is 22.8. The number of nitrogens with one attached hydrogen (secondary N) is 1. The van der Waals surface area contributed by atoms with Gasteiger partial charge in [-0.15, -0.1) is 0 Å². The number of amides is 1. The molecule has 3 atom stereocenters. The third-order valence-electron chi connectivity index (χ3n) is 6.90. The van der Waals surface area contributed by atoms with Crippen LogP contribution in [-0.2, 0) is 23.1 Å². The van der Waals surface area contributed by atoms with Gasteiger partial charge < -0.3 is 14.9 Å². The smallest absolute Gasteiger partial charge is 0.382 e. The van der Waals surface area contributed by atoms with E-state index in [0.29, 0.717) is 19.4 Å². The van der Waals surface area contributed by atoms with Crippen molar-refractivity contribution in [2.24, 2.45) is 0 Å². The number of phosphoric acid groups is 1. The second kappa shape index (κ2) is 22.6. The highest BCUT2D eigenvalue weighted by Gasteiger charge is 2.27. The lowest BCUT2D eigenvalue weighted by molar-refractivity contribution is -0.121. The molecule has 0 spiro atoms. The Morgan fingerprint density at radius 1 is 0.861 bits per heavy atom. The Hall–Kier alpha value is -0.395. The molecule has 212 valence electrons. The maximum atomic E-state index is 12.0. The molecule has 1 unspecified atom stereocenters. The number of phosphoric ester groups is 1. The van der Waals surface area contributed by atoms with Crippen molar-refractivity contribution in [2.75, 3.05) is 19.8 Å². The fourth-order valence-electron chi connectivity index (χ4n) is 4.60. The molecule has 1 aliphatic heterocycles. The predicted molar refractivity (Wildman–Crippen MR) is 150 cm³/mol. The molecule has 9 heteroatoms. The number of carbonyl (C=O) groups is 1. The molecule has 0 aliphatic carbocycles. The summed E-state index contributed by atoms with van der Waals surface area (Å²) in [5.74, 6) is 0.153. The van der Waals surface area contributed by atoms with Gasteiger partial charge in [-0.2, -0.15) is 0 Å². The number of carbonyl (C=O) groups excluding carboxylic acids is 1. The molecule has 0 aromatic carbocycles. The Bertz CT molecular complexity index is 582. The SMILES string of the molecule is B[C@H]1CC[C@@H](COP(=O)(O)OCCCCCCNC(=O)CCCCCCCCCCCCCCC)O1. The quantitative estimate of drug-likeness (QED) is 0.0803. The van der Waals surface area contributed by atoms with Crippen LogP contribution in [0.3, 0.4) is 0 Å². The summed E-state index contributed by atoms with van der Waals surface area (Å²) in [4.78, 5) is 21.7. The van der Waals surface area contributed by atoms with Crippen molar-refractivity contribution in [1.82, 2.24) is 5.32 Å². The predicted octanol–water partition coefficient (Wildman–Crippen LogP) is 6.42. The van der Waals surface area contributed by atoms with E-state index in [1.54, 1.807) is 0 Å². The van der Waals surface area contributed by atoms with E-state index in [1.807, 2.05) is 7.85 Å². The van der Waals surface area contributed by atoms with Crippen LogP contribution in [-0.4, -0.2) is 50.5 Å². The number of rotatable bonds is 25. The van der Waals surface area contributed by atoms with E-state index >= 15 is 0 Å². The molecule has 0 radical (unpaired) electrons. The molecule has 1 saturated heterocycles. The first-order chi connectivity index (χ1) is 17.4. The van der Waals surface area contributed by atoms with Crippen molar-refractivity contribution in [3.8, 4) is 0 Å². The van der Waals surface area contributed by atoms with Crippen LogP contribution >= 0.6 is 7.82 Å². The first kappa shape index (κ1) is 33.6. The van der Waals surface area contributed by atoms with Crippen LogP contribution in [0.1, 0.15) is 135 Å². The Kier molecular flexibility index (Phi) is 21.1. The van der Waals surface area contributed by atoms with Crippen LogP contribution < -0.4 is 5.32 Å². The highest BCUT2D eigenvalue weighted by molar-refractivity contribution is 7.47. The molecular formula is C27H55BNO6P. The molecule has 0 saturated carbocycles. The van der Waals surface area contributed by atoms with Gasteiger partial charge >= 0.3 is 7.82 Å². The number of ether oxygens (including phenoxy) is 1. The van der Waals surface area contributed by atoms with Crippen LogP contribution in [0, 0.1) is 0 Å². The van der Waals surface area contributed by atoms with Crippen LogP contribution in [0.5, 0.6) is 0 Å². The largest absolute Gasteiger partial charge is 0.472 e. The van der Waals surface area contributed by atoms with E-state index in [-0.39, 0.29) is 31.2 Å². The molecule has 36 heavy (non-hydrogen) atoms. The zero-order chi connectivity index (χ0) is 26.3. The van der Waals surface area contributed by atoms with Gasteiger partial charge in [0.25, 0.3) is 0 Å². The minimum atomic E-state index is -4.01. The lowest BCUT2D eigenvalue weighted by Crippen LogP contribution is -2.23. The van der Waals surface area contributed by atoms with Gasteiger partial charge in [-0.1, -0.05) is 96.8 Å².